The predicted octanol–water partition coefficient (Wildman–Crippen LogP) is 3.11. The molecular weight excluding hydrogens is 222 g/mol. The van der Waals surface area contributed by atoms with Crippen LogP contribution >= 0.6 is 0 Å². The maximum Gasteiger partial charge on any atom is 0.0364 e. The molecule has 3 N–H and O–H groups in total. The smallest absolute Gasteiger partial charge is 0.0364 e. The summed E-state index contributed by atoms with van der Waals surface area (Å²) in [6.45, 7) is 13.0. The Hall–Kier alpha value is -1.22. The van der Waals surface area contributed by atoms with E-state index in [0.29, 0.717) is 12.1 Å². The zero-order valence-corrected chi connectivity index (χ0v) is 12.3. The fraction of sp³-hybridized carbons (Fsp3) is 0.600. The third-order valence-electron chi connectivity index (χ3n) is 3.30. The lowest BCUT2D eigenvalue weighted by Crippen LogP contribution is -2.40. The average Bonchev–Trinajstić information content (AvgIpc) is 2.28. The minimum atomic E-state index is 0.579. The molecule has 18 heavy (non-hydrogen) atoms. The summed E-state index contributed by atoms with van der Waals surface area (Å²) in [7, 11) is 0. The molecule has 0 atom stereocenters. The number of nitrogens with one attached hydrogen (secondary N) is 1. The van der Waals surface area contributed by atoms with E-state index in [1.807, 2.05) is 13.0 Å². The van der Waals surface area contributed by atoms with Gasteiger partial charge in [0.1, 0.15) is 0 Å². The first kappa shape index (κ1) is 14.8. The molecule has 1 aromatic carbocycles. The molecule has 3 heteroatoms. The molecule has 0 fully saturated rings. The highest BCUT2D eigenvalue weighted by atomic mass is 15.2. The summed E-state index contributed by atoms with van der Waals surface area (Å²) >= 11 is 0. The van der Waals surface area contributed by atoms with Gasteiger partial charge in [0.05, 0.1) is 0 Å². The number of hydrogen-bond donors (Lipinski definition) is 2. The second-order valence-electron chi connectivity index (χ2n) is 5.42. The van der Waals surface area contributed by atoms with Crippen LogP contribution in [0.15, 0.2) is 18.2 Å². The van der Waals surface area contributed by atoms with Crippen molar-refractivity contribution in [2.45, 2.75) is 46.7 Å². The van der Waals surface area contributed by atoms with Crippen molar-refractivity contribution >= 4 is 11.4 Å². The highest BCUT2D eigenvalue weighted by Gasteiger charge is 2.12. The SMILES string of the molecule is Cc1ccc(NCCN(C(C)C)C(C)C)cc1N. The summed E-state index contributed by atoms with van der Waals surface area (Å²) < 4.78 is 0. The number of benzene rings is 1. The molecule has 0 radical (unpaired) electrons. The zero-order chi connectivity index (χ0) is 13.7. The van der Waals surface area contributed by atoms with E-state index in [-0.39, 0.29) is 0 Å². The molecule has 0 saturated carbocycles. The molecule has 1 aromatic rings. The van der Waals surface area contributed by atoms with E-state index in [1.54, 1.807) is 0 Å². The van der Waals surface area contributed by atoms with Crippen molar-refractivity contribution in [3.05, 3.63) is 23.8 Å². The first-order chi connectivity index (χ1) is 8.41. The largest absolute Gasteiger partial charge is 0.398 e. The molecule has 0 aromatic heterocycles. The van der Waals surface area contributed by atoms with E-state index in [2.05, 4.69) is 50.0 Å². The van der Waals surface area contributed by atoms with Gasteiger partial charge in [-0.15, -0.1) is 0 Å². The molecule has 0 aliphatic carbocycles. The second kappa shape index (κ2) is 6.64. The quantitative estimate of drug-likeness (QED) is 0.761. The highest BCUT2D eigenvalue weighted by molar-refractivity contribution is 5.58. The topological polar surface area (TPSA) is 41.3 Å². The van der Waals surface area contributed by atoms with Gasteiger partial charge in [0, 0.05) is 36.5 Å². The van der Waals surface area contributed by atoms with Crippen molar-refractivity contribution in [1.82, 2.24) is 4.90 Å². The Bertz CT molecular complexity index is 364. The van der Waals surface area contributed by atoms with Crippen molar-refractivity contribution in [1.29, 1.82) is 0 Å². The molecule has 3 nitrogen and oxygen atoms in total. The van der Waals surface area contributed by atoms with Crippen LogP contribution in [0.2, 0.25) is 0 Å². The molecule has 102 valence electrons. The molecule has 1 rings (SSSR count). The molecule has 0 heterocycles. The van der Waals surface area contributed by atoms with Gasteiger partial charge in [-0.1, -0.05) is 6.07 Å². The molecular formula is C15H27N3. The van der Waals surface area contributed by atoms with Crippen molar-refractivity contribution in [3.63, 3.8) is 0 Å². The molecule has 0 aliphatic heterocycles. The van der Waals surface area contributed by atoms with Crippen LogP contribution in [0, 0.1) is 6.92 Å². The highest BCUT2D eigenvalue weighted by Crippen LogP contribution is 2.16. The Morgan fingerprint density at radius 3 is 2.28 bits per heavy atom. The number of nitrogens with zero attached hydrogens (tertiary/aromatic N) is 1. The lowest BCUT2D eigenvalue weighted by Gasteiger charge is -2.30. The molecule has 0 saturated heterocycles. The fourth-order valence-corrected chi connectivity index (χ4v) is 2.19. The Labute approximate surface area is 111 Å². The van der Waals surface area contributed by atoms with E-state index in [0.717, 1.165) is 30.0 Å². The Morgan fingerprint density at radius 1 is 1.17 bits per heavy atom. The summed E-state index contributed by atoms with van der Waals surface area (Å²) in [5.41, 5.74) is 8.98. The lowest BCUT2D eigenvalue weighted by atomic mass is 10.2. The van der Waals surface area contributed by atoms with E-state index in [1.165, 1.54) is 0 Å². The maximum atomic E-state index is 5.90. The van der Waals surface area contributed by atoms with Crippen molar-refractivity contribution in [2.75, 3.05) is 24.1 Å². The first-order valence-corrected chi connectivity index (χ1v) is 6.77. The third kappa shape index (κ3) is 4.22. The first-order valence-electron chi connectivity index (χ1n) is 6.77. The third-order valence-corrected chi connectivity index (χ3v) is 3.30. The molecule has 0 amide bonds. The summed E-state index contributed by atoms with van der Waals surface area (Å²) in [5.74, 6) is 0. The van der Waals surface area contributed by atoms with Crippen LogP contribution < -0.4 is 11.1 Å². The number of aryl methyl sites for hydroxylation is 1. The van der Waals surface area contributed by atoms with Crippen molar-refractivity contribution in [2.24, 2.45) is 0 Å². The maximum absolute atomic E-state index is 5.90. The number of anilines is 2. The Balaban J connectivity index is 2.47. The van der Waals surface area contributed by atoms with Gasteiger partial charge in [-0.3, -0.25) is 4.90 Å². The number of nitrogens with two attached hydrogens (primary N) is 1. The minimum Gasteiger partial charge on any atom is -0.398 e. The molecule has 0 bridgehead atoms. The van der Waals surface area contributed by atoms with Gasteiger partial charge < -0.3 is 11.1 Å². The van der Waals surface area contributed by atoms with E-state index >= 15 is 0 Å². The molecule has 0 unspecified atom stereocenters. The van der Waals surface area contributed by atoms with E-state index in [9.17, 15) is 0 Å². The van der Waals surface area contributed by atoms with Gasteiger partial charge in [0.15, 0.2) is 0 Å². The summed E-state index contributed by atoms with van der Waals surface area (Å²) in [5, 5.41) is 3.43. The van der Waals surface area contributed by atoms with Crippen molar-refractivity contribution in [3.8, 4) is 0 Å². The zero-order valence-electron chi connectivity index (χ0n) is 12.3. The van der Waals surface area contributed by atoms with Gasteiger partial charge in [0.25, 0.3) is 0 Å². The second-order valence-corrected chi connectivity index (χ2v) is 5.42. The van der Waals surface area contributed by atoms with Crippen LogP contribution in [0.4, 0.5) is 11.4 Å². The summed E-state index contributed by atoms with van der Waals surface area (Å²) in [6.07, 6.45) is 0. The molecule has 0 aliphatic rings. The van der Waals surface area contributed by atoms with Crippen LogP contribution in [-0.4, -0.2) is 30.1 Å². The monoisotopic (exact) mass is 249 g/mol. The fourth-order valence-electron chi connectivity index (χ4n) is 2.19. The Morgan fingerprint density at radius 2 is 1.78 bits per heavy atom. The lowest BCUT2D eigenvalue weighted by molar-refractivity contribution is 0.182. The van der Waals surface area contributed by atoms with Crippen LogP contribution in [-0.2, 0) is 0 Å². The van der Waals surface area contributed by atoms with Crippen LogP contribution in [0.3, 0.4) is 0 Å². The Kier molecular flexibility index (Phi) is 5.48. The predicted molar refractivity (Wildman–Crippen MR) is 81.1 cm³/mol. The van der Waals surface area contributed by atoms with Crippen LogP contribution in [0.25, 0.3) is 0 Å². The minimum absolute atomic E-state index is 0.579. The van der Waals surface area contributed by atoms with Crippen LogP contribution in [0.1, 0.15) is 33.3 Å². The van der Waals surface area contributed by atoms with Gasteiger partial charge in [-0.2, -0.15) is 0 Å². The number of rotatable bonds is 6. The summed E-state index contributed by atoms with van der Waals surface area (Å²) in [6, 6.07) is 7.30. The standard InChI is InChI=1S/C15H27N3/c1-11(2)18(12(3)4)9-8-17-14-7-6-13(5)15(16)10-14/h6-7,10-12,17H,8-9,16H2,1-5H3. The van der Waals surface area contributed by atoms with Gasteiger partial charge in [0.2, 0.25) is 0 Å². The van der Waals surface area contributed by atoms with Gasteiger partial charge >= 0.3 is 0 Å². The number of nitrogen functional groups attached to an aromatic ring is 1. The normalized spacial score (nSPS) is 11.6. The van der Waals surface area contributed by atoms with Crippen LogP contribution in [0.5, 0.6) is 0 Å². The van der Waals surface area contributed by atoms with Crippen molar-refractivity contribution < 1.29 is 0 Å². The molecule has 0 spiro atoms. The van der Waals surface area contributed by atoms with E-state index < -0.39 is 0 Å². The number of hydrogen-bond acceptors (Lipinski definition) is 3. The average molecular weight is 249 g/mol. The van der Waals surface area contributed by atoms with E-state index in [4.69, 9.17) is 5.73 Å². The summed E-state index contributed by atoms with van der Waals surface area (Å²) in [4.78, 5) is 2.48. The van der Waals surface area contributed by atoms with Gasteiger partial charge in [-0.25, -0.2) is 0 Å². The van der Waals surface area contributed by atoms with Gasteiger partial charge in [-0.05, 0) is 52.3 Å².